The van der Waals surface area contributed by atoms with E-state index in [1.54, 1.807) is 31.0 Å². The Bertz CT molecular complexity index is 1320. The molecule has 1 amide bonds. The lowest BCUT2D eigenvalue weighted by Gasteiger charge is -2.17. The fourth-order valence-corrected chi connectivity index (χ4v) is 4.78. The van der Waals surface area contributed by atoms with Gasteiger partial charge < -0.3 is 14.6 Å². The number of hydrogen-bond donors (Lipinski definition) is 1. The largest absolute Gasteiger partial charge is 0.490 e. The van der Waals surface area contributed by atoms with E-state index in [1.165, 1.54) is 11.3 Å². The maximum atomic E-state index is 13.0. The molecule has 0 fully saturated rings. The van der Waals surface area contributed by atoms with Crippen molar-refractivity contribution in [2.24, 2.45) is 0 Å². The lowest BCUT2D eigenvalue weighted by Crippen LogP contribution is -2.30. The minimum absolute atomic E-state index is 0.169. The van der Waals surface area contributed by atoms with Crippen LogP contribution in [-0.4, -0.2) is 41.0 Å². The molecule has 0 saturated carbocycles. The summed E-state index contributed by atoms with van der Waals surface area (Å²) in [5, 5.41) is 0.995. The van der Waals surface area contributed by atoms with E-state index in [2.05, 4.69) is 9.97 Å². The van der Waals surface area contributed by atoms with E-state index < -0.39 is 0 Å². The molecule has 0 bridgehead atoms. The molecule has 1 N–H and O–H groups in total. The Morgan fingerprint density at radius 3 is 2.62 bits per heavy atom. The first-order valence-electron chi connectivity index (χ1n) is 10.1. The Kier molecular flexibility index (Phi) is 6.58. The highest BCUT2D eigenvalue weighted by Gasteiger charge is 2.22. The number of amides is 1. The van der Waals surface area contributed by atoms with Gasteiger partial charge in [0.25, 0.3) is 11.5 Å². The SMILES string of the molecule is Cc1c(C(=O)N(C)CCOc2ccccc2Cl)sc2nc(Cc3ccccc3)[nH]c(=O)c12. The van der Waals surface area contributed by atoms with E-state index in [1.807, 2.05) is 42.5 Å². The molecule has 0 atom stereocenters. The number of aromatic nitrogens is 2. The fraction of sp³-hybridized carbons (Fsp3) is 0.208. The minimum Gasteiger partial charge on any atom is -0.490 e. The van der Waals surface area contributed by atoms with Crippen molar-refractivity contribution < 1.29 is 9.53 Å². The molecule has 4 rings (SSSR count). The normalized spacial score (nSPS) is 11.0. The number of H-pyrrole nitrogens is 1. The smallest absolute Gasteiger partial charge is 0.264 e. The van der Waals surface area contributed by atoms with Crippen LogP contribution in [0.15, 0.2) is 59.4 Å². The summed E-state index contributed by atoms with van der Waals surface area (Å²) in [4.78, 5) is 35.9. The maximum absolute atomic E-state index is 13.0. The Balaban J connectivity index is 1.51. The maximum Gasteiger partial charge on any atom is 0.264 e. The molecule has 0 unspecified atom stereocenters. The van der Waals surface area contributed by atoms with Crippen LogP contribution in [0.2, 0.25) is 5.02 Å². The predicted molar refractivity (Wildman–Crippen MR) is 128 cm³/mol. The molecular formula is C24H22ClN3O3S. The Morgan fingerprint density at radius 2 is 1.88 bits per heavy atom. The lowest BCUT2D eigenvalue weighted by molar-refractivity contribution is 0.0778. The van der Waals surface area contributed by atoms with Crippen LogP contribution in [-0.2, 0) is 6.42 Å². The molecule has 2 heterocycles. The number of benzene rings is 2. The van der Waals surface area contributed by atoms with Crippen molar-refractivity contribution >= 4 is 39.1 Å². The number of ether oxygens (including phenoxy) is 1. The molecule has 0 saturated heterocycles. The summed E-state index contributed by atoms with van der Waals surface area (Å²) >= 11 is 7.35. The second kappa shape index (κ2) is 9.54. The number of carbonyl (C=O) groups excluding carboxylic acids is 1. The number of fused-ring (bicyclic) bond motifs is 1. The standard InChI is InChI=1S/C24H22ClN3O3S/c1-15-20-22(29)26-19(14-16-8-4-3-5-9-16)27-23(20)32-21(15)24(30)28(2)12-13-31-18-11-7-6-10-17(18)25/h3-11H,12-14H2,1-2H3,(H,26,27,29). The molecule has 0 aliphatic heterocycles. The van der Waals surface area contributed by atoms with Gasteiger partial charge in [-0.3, -0.25) is 9.59 Å². The van der Waals surface area contributed by atoms with Crippen LogP contribution in [0.5, 0.6) is 5.75 Å². The molecule has 164 valence electrons. The van der Waals surface area contributed by atoms with Gasteiger partial charge >= 0.3 is 0 Å². The van der Waals surface area contributed by atoms with Gasteiger partial charge in [0.1, 0.15) is 23.0 Å². The number of halogens is 1. The summed E-state index contributed by atoms with van der Waals surface area (Å²) in [5.41, 5.74) is 1.48. The first-order chi connectivity index (χ1) is 15.4. The molecule has 4 aromatic rings. The van der Waals surface area contributed by atoms with Gasteiger partial charge in [-0.2, -0.15) is 0 Å². The number of aromatic amines is 1. The molecular weight excluding hydrogens is 446 g/mol. The number of thiophene rings is 1. The van der Waals surface area contributed by atoms with Gasteiger partial charge in [-0.05, 0) is 30.2 Å². The number of aryl methyl sites for hydroxylation is 1. The number of hydrogen-bond acceptors (Lipinski definition) is 5. The monoisotopic (exact) mass is 467 g/mol. The number of nitrogens with zero attached hydrogens (tertiary/aromatic N) is 2. The highest BCUT2D eigenvalue weighted by molar-refractivity contribution is 7.20. The van der Waals surface area contributed by atoms with Gasteiger partial charge in [0.15, 0.2) is 0 Å². The fourth-order valence-electron chi connectivity index (χ4n) is 3.39. The average molecular weight is 468 g/mol. The number of para-hydroxylation sites is 1. The van der Waals surface area contributed by atoms with Crippen molar-refractivity contribution in [2.75, 3.05) is 20.2 Å². The van der Waals surface area contributed by atoms with Crippen molar-refractivity contribution in [3.05, 3.63) is 91.8 Å². The summed E-state index contributed by atoms with van der Waals surface area (Å²) in [6.07, 6.45) is 0.519. The van der Waals surface area contributed by atoms with Gasteiger partial charge in [0.05, 0.1) is 21.8 Å². The van der Waals surface area contributed by atoms with Crippen molar-refractivity contribution in [3.8, 4) is 5.75 Å². The van der Waals surface area contributed by atoms with Crippen LogP contribution < -0.4 is 10.3 Å². The summed E-state index contributed by atoms with van der Waals surface area (Å²) in [6.45, 7) is 2.46. The lowest BCUT2D eigenvalue weighted by atomic mass is 10.1. The highest BCUT2D eigenvalue weighted by atomic mass is 35.5. The predicted octanol–water partition coefficient (Wildman–Crippen LogP) is 4.69. The van der Waals surface area contributed by atoms with Crippen molar-refractivity contribution in [1.82, 2.24) is 14.9 Å². The van der Waals surface area contributed by atoms with Crippen LogP contribution in [0, 0.1) is 6.92 Å². The summed E-state index contributed by atoms with van der Waals surface area (Å²) in [5.74, 6) is 0.988. The van der Waals surface area contributed by atoms with E-state index in [0.717, 1.165) is 5.56 Å². The zero-order chi connectivity index (χ0) is 22.7. The number of rotatable bonds is 7. The van der Waals surface area contributed by atoms with E-state index in [4.69, 9.17) is 16.3 Å². The highest BCUT2D eigenvalue weighted by Crippen LogP contribution is 2.28. The third kappa shape index (κ3) is 4.69. The first kappa shape index (κ1) is 22.0. The van der Waals surface area contributed by atoms with Crippen LogP contribution >= 0.6 is 22.9 Å². The molecule has 32 heavy (non-hydrogen) atoms. The third-order valence-corrected chi connectivity index (χ3v) is 6.61. The van der Waals surface area contributed by atoms with Gasteiger partial charge in [0, 0.05) is 13.5 Å². The van der Waals surface area contributed by atoms with Crippen molar-refractivity contribution in [2.45, 2.75) is 13.3 Å². The van der Waals surface area contributed by atoms with E-state index in [9.17, 15) is 9.59 Å². The van der Waals surface area contributed by atoms with Crippen LogP contribution in [0.4, 0.5) is 0 Å². The van der Waals surface area contributed by atoms with Crippen molar-refractivity contribution in [1.29, 1.82) is 0 Å². The first-order valence-corrected chi connectivity index (χ1v) is 11.3. The van der Waals surface area contributed by atoms with E-state index >= 15 is 0 Å². The molecule has 0 aliphatic rings. The summed E-state index contributed by atoms with van der Waals surface area (Å²) in [7, 11) is 1.71. The second-order valence-corrected chi connectivity index (χ2v) is 8.82. The summed E-state index contributed by atoms with van der Waals surface area (Å²) < 4.78 is 5.68. The minimum atomic E-state index is -0.224. The molecule has 0 aliphatic carbocycles. The zero-order valence-electron chi connectivity index (χ0n) is 17.7. The van der Waals surface area contributed by atoms with E-state index in [0.29, 0.717) is 56.8 Å². The molecule has 0 spiro atoms. The second-order valence-electron chi connectivity index (χ2n) is 7.42. The Labute approximate surface area is 194 Å². The van der Waals surface area contributed by atoms with Gasteiger partial charge in [-0.15, -0.1) is 11.3 Å². The quantitative estimate of drug-likeness (QED) is 0.428. The van der Waals surface area contributed by atoms with Crippen molar-refractivity contribution in [3.63, 3.8) is 0 Å². The molecule has 8 heteroatoms. The summed E-state index contributed by atoms with van der Waals surface area (Å²) in [6, 6.07) is 17.0. The third-order valence-electron chi connectivity index (χ3n) is 5.13. The molecule has 2 aromatic carbocycles. The number of nitrogens with one attached hydrogen (secondary N) is 1. The zero-order valence-corrected chi connectivity index (χ0v) is 19.3. The van der Waals surface area contributed by atoms with Gasteiger partial charge in [-0.25, -0.2) is 4.98 Å². The average Bonchev–Trinajstić information content (AvgIpc) is 3.11. The van der Waals surface area contributed by atoms with Crippen LogP contribution in [0.1, 0.15) is 26.6 Å². The van der Waals surface area contributed by atoms with E-state index in [-0.39, 0.29) is 11.5 Å². The molecule has 0 radical (unpaired) electrons. The van der Waals surface area contributed by atoms with Crippen LogP contribution in [0.25, 0.3) is 10.2 Å². The van der Waals surface area contributed by atoms with Crippen LogP contribution in [0.3, 0.4) is 0 Å². The number of carbonyl (C=O) groups is 1. The number of likely N-dealkylation sites (N-methyl/N-ethyl adjacent to an activating group) is 1. The topological polar surface area (TPSA) is 75.3 Å². The Morgan fingerprint density at radius 1 is 1.16 bits per heavy atom. The van der Waals surface area contributed by atoms with Gasteiger partial charge in [-0.1, -0.05) is 54.1 Å². The molecule has 6 nitrogen and oxygen atoms in total. The molecule has 2 aromatic heterocycles. The Hall–Kier alpha value is -3.16. The van der Waals surface area contributed by atoms with Gasteiger partial charge in [0.2, 0.25) is 0 Å².